The van der Waals surface area contributed by atoms with Gasteiger partial charge in [-0.15, -0.1) is 0 Å². The number of aryl methyl sites for hydroxylation is 1. The minimum atomic E-state index is -3.73. The molecule has 2 atom stereocenters. The number of sulfonamides is 1. The van der Waals surface area contributed by atoms with Crippen LogP contribution in [0.15, 0.2) is 57.8 Å². The summed E-state index contributed by atoms with van der Waals surface area (Å²) in [5.41, 5.74) is 2.11. The third-order valence-electron chi connectivity index (χ3n) is 5.95. The first kappa shape index (κ1) is 23.5. The van der Waals surface area contributed by atoms with E-state index in [0.717, 1.165) is 28.7 Å². The molecule has 3 aromatic rings. The first-order chi connectivity index (χ1) is 15.7. The zero-order chi connectivity index (χ0) is 23.8. The van der Waals surface area contributed by atoms with Crippen LogP contribution in [0.4, 0.5) is 0 Å². The highest BCUT2D eigenvalue weighted by atomic mass is 32.2. The summed E-state index contributed by atoms with van der Waals surface area (Å²) in [7, 11) is -2.01. The predicted molar refractivity (Wildman–Crippen MR) is 127 cm³/mol. The van der Waals surface area contributed by atoms with Crippen molar-refractivity contribution in [3.8, 4) is 0 Å². The molecule has 8 heteroatoms. The molecule has 0 saturated carbocycles. The monoisotopic (exact) mass is 470 g/mol. The van der Waals surface area contributed by atoms with Gasteiger partial charge < -0.3 is 14.1 Å². The van der Waals surface area contributed by atoms with Crippen molar-refractivity contribution < 1.29 is 22.4 Å². The number of fused-ring (bicyclic) bond motifs is 1. The van der Waals surface area contributed by atoms with Crippen LogP contribution in [0.1, 0.15) is 42.5 Å². The second kappa shape index (κ2) is 9.29. The van der Waals surface area contributed by atoms with Crippen molar-refractivity contribution in [3.05, 3.63) is 65.4 Å². The number of morpholine rings is 1. The summed E-state index contributed by atoms with van der Waals surface area (Å²) in [4.78, 5) is 14.9. The number of rotatable bonds is 6. The zero-order valence-corrected chi connectivity index (χ0v) is 20.3. The van der Waals surface area contributed by atoms with Gasteiger partial charge >= 0.3 is 0 Å². The molecule has 176 valence electrons. The number of hydrogen-bond acceptors (Lipinski definition) is 5. The Morgan fingerprint density at radius 1 is 1.09 bits per heavy atom. The number of benzene rings is 2. The van der Waals surface area contributed by atoms with Gasteiger partial charge in [-0.05, 0) is 38.1 Å². The molecule has 1 aliphatic rings. The second-order valence-electron chi connectivity index (χ2n) is 8.62. The predicted octanol–water partition coefficient (Wildman–Crippen LogP) is 4.07. The number of para-hydroxylation sites is 1. The molecule has 2 heterocycles. The van der Waals surface area contributed by atoms with Crippen molar-refractivity contribution in [1.29, 1.82) is 0 Å². The van der Waals surface area contributed by atoms with Crippen LogP contribution in [0.3, 0.4) is 0 Å². The summed E-state index contributed by atoms with van der Waals surface area (Å²) < 4.78 is 39.5. The largest absolute Gasteiger partial charge is 0.461 e. The van der Waals surface area contributed by atoms with Gasteiger partial charge in [0.2, 0.25) is 10.0 Å². The van der Waals surface area contributed by atoms with E-state index in [1.54, 1.807) is 24.1 Å². The van der Waals surface area contributed by atoms with E-state index in [2.05, 4.69) is 0 Å². The highest BCUT2D eigenvalue weighted by molar-refractivity contribution is 7.89. The number of carbonyl (C=O) groups is 1. The van der Waals surface area contributed by atoms with Gasteiger partial charge in [0, 0.05) is 49.6 Å². The maximum atomic E-state index is 13.2. The first-order valence-corrected chi connectivity index (χ1v) is 12.6. The molecule has 1 amide bonds. The molecule has 0 aliphatic carbocycles. The highest BCUT2D eigenvalue weighted by Gasteiger charge is 2.32. The fourth-order valence-corrected chi connectivity index (χ4v) is 6.04. The molecular weight excluding hydrogens is 440 g/mol. The Morgan fingerprint density at radius 3 is 2.48 bits per heavy atom. The number of hydrogen-bond donors (Lipinski definition) is 0. The quantitative estimate of drug-likeness (QED) is 0.543. The van der Waals surface area contributed by atoms with Gasteiger partial charge in [0.15, 0.2) is 0 Å². The summed E-state index contributed by atoms with van der Waals surface area (Å²) in [6.07, 6.45) is 0.352. The molecule has 2 aromatic carbocycles. The smallest absolute Gasteiger partial charge is 0.253 e. The lowest BCUT2D eigenvalue weighted by atomic mass is 10.1. The number of amides is 1. The van der Waals surface area contributed by atoms with E-state index in [4.69, 9.17) is 9.15 Å². The van der Waals surface area contributed by atoms with E-state index in [1.807, 2.05) is 45.0 Å². The molecule has 1 aliphatic heterocycles. The van der Waals surface area contributed by atoms with Crippen LogP contribution in [0.2, 0.25) is 0 Å². The number of ether oxygens (including phenoxy) is 1. The van der Waals surface area contributed by atoms with Gasteiger partial charge in [0.25, 0.3) is 5.91 Å². The fourth-order valence-electron chi connectivity index (χ4n) is 4.40. The summed E-state index contributed by atoms with van der Waals surface area (Å²) in [6.45, 7) is 6.68. The SMILES string of the molecule is CCc1oc2ccccc2c1CN(C)C(=O)c1cccc(S(=O)(=O)N2CC(C)OC(C)C2)c1. The summed E-state index contributed by atoms with van der Waals surface area (Å²) in [5, 5.41) is 0.987. The molecular formula is C25H30N2O5S. The Hall–Kier alpha value is -2.68. The van der Waals surface area contributed by atoms with Crippen molar-refractivity contribution in [1.82, 2.24) is 9.21 Å². The number of carbonyl (C=O) groups excluding carboxylic acids is 1. The maximum absolute atomic E-state index is 13.2. The molecule has 4 rings (SSSR count). The van der Waals surface area contributed by atoms with Crippen LogP contribution in [-0.2, 0) is 27.7 Å². The van der Waals surface area contributed by atoms with Crippen LogP contribution in [0, 0.1) is 0 Å². The lowest BCUT2D eigenvalue weighted by molar-refractivity contribution is -0.0440. The minimum Gasteiger partial charge on any atom is -0.461 e. The van der Waals surface area contributed by atoms with E-state index < -0.39 is 10.0 Å². The van der Waals surface area contributed by atoms with E-state index in [1.165, 1.54) is 16.4 Å². The summed E-state index contributed by atoms with van der Waals surface area (Å²) >= 11 is 0. The Labute approximate surface area is 195 Å². The lowest BCUT2D eigenvalue weighted by Crippen LogP contribution is -2.48. The van der Waals surface area contributed by atoms with Gasteiger partial charge in [-0.1, -0.05) is 31.2 Å². The van der Waals surface area contributed by atoms with Crippen molar-refractivity contribution in [2.24, 2.45) is 0 Å². The summed E-state index contributed by atoms with van der Waals surface area (Å²) in [5.74, 6) is 0.603. The average Bonchev–Trinajstić information content (AvgIpc) is 3.15. The third kappa shape index (κ3) is 4.69. The van der Waals surface area contributed by atoms with Crippen LogP contribution in [0.25, 0.3) is 11.0 Å². The topological polar surface area (TPSA) is 80.1 Å². The molecule has 7 nitrogen and oxygen atoms in total. The molecule has 0 spiro atoms. The maximum Gasteiger partial charge on any atom is 0.253 e. The molecule has 0 radical (unpaired) electrons. The molecule has 0 bridgehead atoms. The Bertz CT molecular complexity index is 1260. The normalized spacial score (nSPS) is 19.6. The van der Waals surface area contributed by atoms with Crippen molar-refractivity contribution in [2.45, 2.75) is 50.8 Å². The van der Waals surface area contributed by atoms with Crippen molar-refractivity contribution >= 4 is 26.9 Å². The Balaban J connectivity index is 1.58. The summed E-state index contributed by atoms with van der Waals surface area (Å²) in [6, 6.07) is 14.0. The van der Waals surface area contributed by atoms with Gasteiger partial charge in [-0.2, -0.15) is 4.31 Å². The number of furan rings is 1. The standard InChI is InChI=1S/C25H30N2O5S/c1-5-23-22(21-11-6-7-12-24(21)32-23)16-26(4)25(28)19-9-8-10-20(13-19)33(29,30)27-14-17(2)31-18(3)15-27/h6-13,17-18H,5,14-16H2,1-4H3. The molecule has 1 fully saturated rings. The van der Waals surface area contributed by atoms with E-state index >= 15 is 0 Å². The van der Waals surface area contributed by atoms with Crippen LogP contribution in [0.5, 0.6) is 0 Å². The van der Waals surface area contributed by atoms with Gasteiger partial charge in [-0.3, -0.25) is 4.79 Å². The van der Waals surface area contributed by atoms with Crippen LogP contribution in [-0.4, -0.2) is 55.9 Å². The molecule has 33 heavy (non-hydrogen) atoms. The molecule has 1 saturated heterocycles. The number of nitrogens with zero attached hydrogens (tertiary/aromatic N) is 2. The third-order valence-corrected chi connectivity index (χ3v) is 7.78. The van der Waals surface area contributed by atoms with Gasteiger partial charge in [0.05, 0.1) is 17.1 Å². The zero-order valence-electron chi connectivity index (χ0n) is 19.4. The van der Waals surface area contributed by atoms with Crippen molar-refractivity contribution in [3.63, 3.8) is 0 Å². The van der Waals surface area contributed by atoms with Gasteiger partial charge in [0.1, 0.15) is 11.3 Å². The Morgan fingerprint density at radius 2 is 1.79 bits per heavy atom. The van der Waals surface area contributed by atoms with Crippen LogP contribution >= 0.6 is 0 Å². The van der Waals surface area contributed by atoms with E-state index in [9.17, 15) is 13.2 Å². The first-order valence-electron chi connectivity index (χ1n) is 11.2. The lowest BCUT2D eigenvalue weighted by Gasteiger charge is -2.34. The second-order valence-corrected chi connectivity index (χ2v) is 10.6. The van der Waals surface area contributed by atoms with Crippen molar-refractivity contribution in [2.75, 3.05) is 20.1 Å². The molecule has 0 N–H and O–H groups in total. The van der Waals surface area contributed by atoms with Gasteiger partial charge in [-0.25, -0.2) is 8.42 Å². The van der Waals surface area contributed by atoms with Crippen LogP contribution < -0.4 is 0 Å². The minimum absolute atomic E-state index is 0.117. The highest BCUT2D eigenvalue weighted by Crippen LogP contribution is 2.28. The Kier molecular flexibility index (Phi) is 6.61. The van der Waals surface area contributed by atoms with E-state index in [-0.39, 0.29) is 36.1 Å². The van der Waals surface area contributed by atoms with E-state index in [0.29, 0.717) is 12.1 Å². The molecule has 1 aromatic heterocycles. The average molecular weight is 471 g/mol. The molecule has 2 unspecified atom stereocenters. The fraction of sp³-hybridized carbons (Fsp3) is 0.400.